The van der Waals surface area contributed by atoms with Crippen LogP contribution in [0.25, 0.3) is 0 Å². The highest BCUT2D eigenvalue weighted by Gasteiger charge is 2.39. The molecule has 182 valence electrons. The molecule has 1 N–H and O–H groups in total. The van der Waals surface area contributed by atoms with E-state index in [0.29, 0.717) is 12.4 Å². The van der Waals surface area contributed by atoms with Crippen molar-refractivity contribution in [2.45, 2.75) is 24.0 Å². The van der Waals surface area contributed by atoms with Gasteiger partial charge in [-0.1, -0.05) is 0 Å². The van der Waals surface area contributed by atoms with Crippen LogP contribution in [0.1, 0.15) is 18.1 Å². The number of hydrogen-bond acceptors (Lipinski definition) is 6. The fourth-order valence-corrected chi connectivity index (χ4v) is 5.18. The summed E-state index contributed by atoms with van der Waals surface area (Å²) < 4.78 is 73.1. The molecule has 0 aliphatic carbocycles. The van der Waals surface area contributed by atoms with Gasteiger partial charge >= 0.3 is 6.18 Å². The van der Waals surface area contributed by atoms with E-state index in [1.54, 1.807) is 6.92 Å². The van der Waals surface area contributed by atoms with E-state index in [2.05, 4.69) is 5.32 Å². The van der Waals surface area contributed by atoms with Gasteiger partial charge in [0.15, 0.2) is 0 Å². The standard InChI is InChI=1S/C22H23F3N4O4S/c1-3-33-17-6-8-18(9-7-17)34(31,32)28-10-11-29(20(14-28)21(30)27-2)16-5-4-15(13-26)19(12-16)22(23,24)25/h4-9,12,20H,3,10-11,14H2,1-2H3,(H,27,30). The summed E-state index contributed by atoms with van der Waals surface area (Å²) in [5.74, 6) is -0.0414. The third kappa shape index (κ3) is 5.10. The third-order valence-corrected chi connectivity index (χ3v) is 7.30. The summed E-state index contributed by atoms with van der Waals surface area (Å²) in [6.45, 7) is 1.88. The maximum Gasteiger partial charge on any atom is 0.417 e. The maximum atomic E-state index is 13.4. The van der Waals surface area contributed by atoms with Gasteiger partial charge in [0.1, 0.15) is 11.8 Å². The Kier molecular flexibility index (Phi) is 7.38. The number of nitriles is 1. The molecule has 1 aliphatic heterocycles. The SMILES string of the molecule is CCOc1ccc(S(=O)(=O)N2CCN(c3ccc(C#N)c(C(F)(F)F)c3)C(C(=O)NC)C2)cc1. The summed E-state index contributed by atoms with van der Waals surface area (Å²) in [5, 5.41) is 11.5. The van der Waals surface area contributed by atoms with Crippen LogP contribution in [-0.2, 0) is 21.0 Å². The van der Waals surface area contributed by atoms with Gasteiger partial charge in [0.05, 0.1) is 28.7 Å². The van der Waals surface area contributed by atoms with E-state index >= 15 is 0 Å². The second-order valence-electron chi connectivity index (χ2n) is 7.43. The number of nitrogens with one attached hydrogen (secondary N) is 1. The van der Waals surface area contributed by atoms with Crippen LogP contribution in [0.5, 0.6) is 5.75 Å². The van der Waals surface area contributed by atoms with Crippen molar-refractivity contribution in [2.24, 2.45) is 0 Å². The number of carbonyl (C=O) groups excluding carboxylic acids is 1. The molecule has 0 bridgehead atoms. The Labute approximate surface area is 195 Å². The smallest absolute Gasteiger partial charge is 0.417 e. The summed E-state index contributed by atoms with van der Waals surface area (Å²) in [6.07, 6.45) is -4.76. The van der Waals surface area contributed by atoms with Crippen molar-refractivity contribution in [3.8, 4) is 11.8 Å². The average Bonchev–Trinajstić information content (AvgIpc) is 2.82. The van der Waals surface area contributed by atoms with Crippen molar-refractivity contribution in [3.63, 3.8) is 0 Å². The lowest BCUT2D eigenvalue weighted by molar-refractivity contribution is -0.137. The van der Waals surface area contributed by atoms with Crippen LogP contribution in [0.4, 0.5) is 18.9 Å². The van der Waals surface area contributed by atoms with Crippen LogP contribution in [0.2, 0.25) is 0 Å². The lowest BCUT2D eigenvalue weighted by Crippen LogP contribution is -2.60. The highest BCUT2D eigenvalue weighted by Crippen LogP contribution is 2.35. The minimum Gasteiger partial charge on any atom is -0.494 e. The van der Waals surface area contributed by atoms with E-state index < -0.39 is 39.3 Å². The van der Waals surface area contributed by atoms with Gasteiger partial charge in [-0.05, 0) is 49.4 Å². The number of benzene rings is 2. The molecule has 2 aromatic rings. The molecule has 1 aliphatic rings. The van der Waals surface area contributed by atoms with E-state index in [1.807, 2.05) is 0 Å². The molecule has 1 unspecified atom stereocenters. The summed E-state index contributed by atoms with van der Waals surface area (Å²) >= 11 is 0. The van der Waals surface area contributed by atoms with Crippen molar-refractivity contribution < 1.29 is 31.1 Å². The molecule has 1 amide bonds. The molecule has 0 radical (unpaired) electrons. The molecule has 1 saturated heterocycles. The van der Waals surface area contributed by atoms with Crippen molar-refractivity contribution in [2.75, 3.05) is 38.2 Å². The van der Waals surface area contributed by atoms with Crippen molar-refractivity contribution >= 4 is 21.6 Å². The molecule has 0 saturated carbocycles. The Morgan fingerprint density at radius 2 is 1.88 bits per heavy atom. The summed E-state index contributed by atoms with van der Waals surface area (Å²) in [7, 11) is -2.61. The molecule has 0 aromatic heterocycles. The first-order valence-electron chi connectivity index (χ1n) is 10.4. The van der Waals surface area contributed by atoms with E-state index in [9.17, 15) is 26.4 Å². The van der Waals surface area contributed by atoms with Gasteiger partial charge in [0, 0.05) is 32.4 Å². The number of carbonyl (C=O) groups is 1. The molecular formula is C22H23F3N4O4S. The van der Waals surface area contributed by atoms with Crippen molar-refractivity contribution in [1.29, 1.82) is 5.26 Å². The Morgan fingerprint density at radius 3 is 2.44 bits per heavy atom. The molecule has 0 spiro atoms. The zero-order valence-electron chi connectivity index (χ0n) is 18.5. The first kappa shape index (κ1) is 25.3. The zero-order valence-corrected chi connectivity index (χ0v) is 19.3. The fraction of sp³-hybridized carbons (Fsp3) is 0.364. The predicted octanol–water partition coefficient (Wildman–Crippen LogP) is 2.60. The fourth-order valence-electron chi connectivity index (χ4n) is 3.74. The van der Waals surface area contributed by atoms with Crippen LogP contribution < -0.4 is 15.0 Å². The van der Waals surface area contributed by atoms with Crippen LogP contribution in [-0.4, -0.2) is 58.0 Å². The summed E-state index contributed by atoms with van der Waals surface area (Å²) in [4.78, 5) is 14.0. The normalized spacial score (nSPS) is 17.2. The minimum atomic E-state index is -4.76. The topological polar surface area (TPSA) is 103 Å². The first-order chi connectivity index (χ1) is 16.0. The van der Waals surface area contributed by atoms with Crippen LogP contribution in [0, 0.1) is 11.3 Å². The van der Waals surface area contributed by atoms with Crippen molar-refractivity contribution in [1.82, 2.24) is 9.62 Å². The second-order valence-corrected chi connectivity index (χ2v) is 9.37. The van der Waals surface area contributed by atoms with Crippen molar-refractivity contribution in [3.05, 3.63) is 53.6 Å². The number of alkyl halides is 3. The molecule has 1 fully saturated rings. The molecule has 2 aromatic carbocycles. The first-order valence-corrected chi connectivity index (χ1v) is 11.8. The number of anilines is 1. The Bertz CT molecular complexity index is 1190. The monoisotopic (exact) mass is 496 g/mol. The van der Waals surface area contributed by atoms with Crippen LogP contribution in [0.3, 0.4) is 0 Å². The molecular weight excluding hydrogens is 473 g/mol. The largest absolute Gasteiger partial charge is 0.494 e. The van der Waals surface area contributed by atoms with E-state index in [-0.39, 0.29) is 30.2 Å². The number of amides is 1. The predicted molar refractivity (Wildman–Crippen MR) is 118 cm³/mol. The van der Waals surface area contributed by atoms with Gasteiger partial charge in [-0.2, -0.15) is 22.7 Å². The number of nitrogens with zero attached hydrogens (tertiary/aromatic N) is 3. The third-order valence-electron chi connectivity index (χ3n) is 5.43. The Balaban J connectivity index is 1.93. The van der Waals surface area contributed by atoms with E-state index in [0.717, 1.165) is 16.4 Å². The molecule has 8 nitrogen and oxygen atoms in total. The minimum absolute atomic E-state index is 0.0118. The van der Waals surface area contributed by atoms with Gasteiger partial charge in [-0.25, -0.2) is 8.42 Å². The number of piperazine rings is 1. The lowest BCUT2D eigenvalue weighted by Gasteiger charge is -2.41. The number of rotatable bonds is 6. The molecule has 34 heavy (non-hydrogen) atoms. The van der Waals surface area contributed by atoms with E-state index in [4.69, 9.17) is 10.00 Å². The Morgan fingerprint density at radius 1 is 1.21 bits per heavy atom. The highest BCUT2D eigenvalue weighted by atomic mass is 32.2. The number of sulfonamides is 1. The molecule has 1 atom stereocenters. The highest BCUT2D eigenvalue weighted by molar-refractivity contribution is 7.89. The lowest BCUT2D eigenvalue weighted by atomic mass is 10.0. The molecule has 12 heteroatoms. The second kappa shape index (κ2) is 9.90. The maximum absolute atomic E-state index is 13.4. The average molecular weight is 497 g/mol. The van der Waals surface area contributed by atoms with Gasteiger partial charge in [0.25, 0.3) is 0 Å². The van der Waals surface area contributed by atoms with E-state index in [1.165, 1.54) is 48.3 Å². The van der Waals surface area contributed by atoms with Gasteiger partial charge in [-0.3, -0.25) is 4.79 Å². The summed E-state index contributed by atoms with van der Waals surface area (Å²) in [6, 6.07) is 9.47. The van der Waals surface area contributed by atoms with Gasteiger partial charge in [-0.15, -0.1) is 0 Å². The van der Waals surface area contributed by atoms with Crippen LogP contribution >= 0.6 is 0 Å². The Hall–Kier alpha value is -3.30. The quantitative estimate of drug-likeness (QED) is 0.660. The number of hydrogen-bond donors (Lipinski definition) is 1. The van der Waals surface area contributed by atoms with Gasteiger partial charge in [0.2, 0.25) is 15.9 Å². The number of ether oxygens (including phenoxy) is 1. The zero-order chi connectivity index (χ0) is 25.1. The summed E-state index contributed by atoms with van der Waals surface area (Å²) in [5.41, 5.74) is -1.59. The number of halogens is 3. The number of likely N-dealkylation sites (N-methyl/N-ethyl adjacent to an activating group) is 1. The molecule has 1 heterocycles. The van der Waals surface area contributed by atoms with Gasteiger partial charge < -0.3 is 15.0 Å². The molecule has 3 rings (SSSR count). The van der Waals surface area contributed by atoms with Crippen LogP contribution in [0.15, 0.2) is 47.4 Å².